The molecule has 2 fully saturated rings. The minimum Gasteiger partial charge on any atom is -0.352 e. The van der Waals surface area contributed by atoms with E-state index in [1.807, 2.05) is 6.92 Å². The maximum absolute atomic E-state index is 13.1. The summed E-state index contributed by atoms with van der Waals surface area (Å²) in [5.74, 6) is 2.58. The molecule has 6 nitrogen and oxygen atoms in total. The molecule has 148 valence electrons. The second kappa shape index (κ2) is 7.10. The van der Waals surface area contributed by atoms with Crippen molar-refractivity contribution in [3.05, 3.63) is 32.6 Å². The predicted molar refractivity (Wildman–Crippen MR) is 105 cm³/mol. The molecule has 0 spiro atoms. The van der Waals surface area contributed by atoms with Crippen LogP contribution in [-0.2, 0) is 24.1 Å². The van der Waals surface area contributed by atoms with Gasteiger partial charge in [0.25, 0.3) is 5.91 Å². The summed E-state index contributed by atoms with van der Waals surface area (Å²) >= 11 is 1.67. The van der Waals surface area contributed by atoms with Gasteiger partial charge in [-0.25, -0.2) is 0 Å². The summed E-state index contributed by atoms with van der Waals surface area (Å²) in [4.78, 5) is 32.2. The molecule has 1 N–H and O–H groups in total. The first-order valence-corrected chi connectivity index (χ1v) is 11.1. The number of hydrogen-bond donors (Lipinski definition) is 1. The Bertz CT molecular complexity index is 923. The number of rotatable bonds is 7. The van der Waals surface area contributed by atoms with Gasteiger partial charge in [0.15, 0.2) is 5.82 Å². The van der Waals surface area contributed by atoms with Gasteiger partial charge < -0.3 is 9.84 Å². The van der Waals surface area contributed by atoms with Crippen LogP contribution in [0.4, 0.5) is 0 Å². The average molecular weight is 400 g/mol. The van der Waals surface area contributed by atoms with Crippen molar-refractivity contribution in [3.63, 3.8) is 0 Å². The molecule has 0 aliphatic heterocycles. The lowest BCUT2D eigenvalue weighted by Gasteiger charge is -2.20. The van der Waals surface area contributed by atoms with Crippen molar-refractivity contribution in [2.75, 3.05) is 6.54 Å². The van der Waals surface area contributed by atoms with Crippen LogP contribution in [-0.4, -0.2) is 28.4 Å². The van der Waals surface area contributed by atoms with E-state index in [0.717, 1.165) is 54.7 Å². The molecule has 0 saturated heterocycles. The molecule has 3 aliphatic rings. The van der Waals surface area contributed by atoms with E-state index in [0.29, 0.717) is 29.8 Å². The molecule has 0 aromatic carbocycles. The number of aryl methyl sites for hydroxylation is 2. The number of nitrogens with one attached hydrogen (secondary N) is 1. The van der Waals surface area contributed by atoms with Gasteiger partial charge in [-0.3, -0.25) is 9.59 Å². The first-order chi connectivity index (χ1) is 13.6. The largest absolute Gasteiger partial charge is 0.352 e. The van der Waals surface area contributed by atoms with E-state index in [1.165, 1.54) is 17.7 Å². The number of carbonyl (C=O) groups is 2. The van der Waals surface area contributed by atoms with E-state index < -0.39 is 0 Å². The van der Waals surface area contributed by atoms with Crippen LogP contribution in [0.15, 0.2) is 4.52 Å². The highest BCUT2D eigenvalue weighted by Gasteiger charge is 2.35. The quantitative estimate of drug-likeness (QED) is 0.771. The van der Waals surface area contributed by atoms with E-state index in [9.17, 15) is 9.59 Å². The minimum atomic E-state index is -0.00893. The van der Waals surface area contributed by atoms with Crippen molar-refractivity contribution >= 4 is 23.0 Å². The number of nitrogens with zero attached hydrogens (tertiary/aromatic N) is 2. The monoisotopic (exact) mass is 399 g/mol. The minimum absolute atomic E-state index is 0.00893. The zero-order valence-electron chi connectivity index (χ0n) is 16.1. The van der Waals surface area contributed by atoms with Crippen LogP contribution >= 0.6 is 11.3 Å². The van der Waals surface area contributed by atoms with E-state index in [2.05, 4.69) is 15.5 Å². The zero-order chi connectivity index (χ0) is 19.3. The molecule has 2 aromatic heterocycles. The van der Waals surface area contributed by atoms with Crippen LogP contribution in [0.1, 0.15) is 75.4 Å². The normalized spacial score (nSPS) is 21.4. The number of hydrogen-bond acceptors (Lipinski definition) is 6. The number of ketones is 1. The third kappa shape index (κ3) is 3.64. The molecule has 1 amide bonds. The van der Waals surface area contributed by atoms with Crippen molar-refractivity contribution in [2.24, 2.45) is 11.8 Å². The highest BCUT2D eigenvalue weighted by Crippen LogP contribution is 2.41. The van der Waals surface area contributed by atoms with E-state index in [4.69, 9.17) is 4.52 Å². The van der Waals surface area contributed by atoms with Crippen molar-refractivity contribution in [1.29, 1.82) is 0 Å². The van der Waals surface area contributed by atoms with Gasteiger partial charge in [0.1, 0.15) is 5.78 Å². The van der Waals surface area contributed by atoms with Gasteiger partial charge >= 0.3 is 0 Å². The van der Waals surface area contributed by atoms with Gasteiger partial charge in [0, 0.05) is 34.6 Å². The van der Waals surface area contributed by atoms with Crippen LogP contribution in [0.3, 0.4) is 0 Å². The van der Waals surface area contributed by atoms with Crippen LogP contribution in [0.2, 0.25) is 0 Å². The number of amides is 1. The smallest absolute Gasteiger partial charge is 0.252 e. The topological polar surface area (TPSA) is 85.1 Å². The Hall–Kier alpha value is -2.02. The fraction of sp³-hybridized carbons (Fsp3) is 0.619. The Morgan fingerprint density at radius 3 is 2.71 bits per heavy atom. The Kier molecular flexibility index (Phi) is 4.57. The molecule has 7 heteroatoms. The highest BCUT2D eigenvalue weighted by molar-refractivity contribution is 7.12. The summed E-state index contributed by atoms with van der Waals surface area (Å²) in [6, 6.07) is 0. The number of carbonyl (C=O) groups excluding carboxylic acids is 2. The Balaban J connectivity index is 1.43. The fourth-order valence-corrected chi connectivity index (χ4v) is 5.43. The van der Waals surface area contributed by atoms with E-state index >= 15 is 0 Å². The van der Waals surface area contributed by atoms with Crippen molar-refractivity contribution in [1.82, 2.24) is 15.5 Å². The SMILES string of the molecule is Cc1noc(C2CCc3sc(CC(=O)C4CC4)c(C(=O)NCC4CC4)c3C2)n1. The van der Waals surface area contributed by atoms with Gasteiger partial charge in [-0.1, -0.05) is 5.16 Å². The number of aromatic nitrogens is 2. The summed E-state index contributed by atoms with van der Waals surface area (Å²) < 4.78 is 5.41. The van der Waals surface area contributed by atoms with Gasteiger partial charge in [-0.2, -0.15) is 4.98 Å². The van der Waals surface area contributed by atoms with Crippen molar-refractivity contribution in [3.8, 4) is 0 Å². The van der Waals surface area contributed by atoms with Gasteiger partial charge in [0.05, 0.1) is 5.56 Å². The predicted octanol–water partition coefficient (Wildman–Crippen LogP) is 3.37. The molecule has 0 radical (unpaired) electrons. The van der Waals surface area contributed by atoms with E-state index in [1.54, 1.807) is 11.3 Å². The lowest BCUT2D eigenvalue weighted by molar-refractivity contribution is -0.119. The Morgan fingerprint density at radius 1 is 1.21 bits per heavy atom. The Morgan fingerprint density at radius 2 is 2.04 bits per heavy atom. The molecule has 28 heavy (non-hydrogen) atoms. The van der Waals surface area contributed by atoms with Crippen LogP contribution < -0.4 is 5.32 Å². The first kappa shape index (κ1) is 18.0. The Labute approximate surface area is 168 Å². The summed E-state index contributed by atoms with van der Waals surface area (Å²) in [5.41, 5.74) is 1.86. The van der Waals surface area contributed by atoms with Crippen molar-refractivity contribution in [2.45, 2.75) is 64.2 Å². The maximum Gasteiger partial charge on any atom is 0.252 e. The number of Topliss-reactive ketones (excluding diaryl/α,β-unsaturated/α-hetero) is 1. The zero-order valence-corrected chi connectivity index (χ0v) is 16.9. The molecule has 1 atom stereocenters. The third-order valence-electron chi connectivity index (χ3n) is 6.07. The fourth-order valence-electron chi connectivity index (χ4n) is 4.07. The second-order valence-corrected chi connectivity index (χ2v) is 9.68. The lowest BCUT2D eigenvalue weighted by Crippen LogP contribution is -2.28. The summed E-state index contributed by atoms with van der Waals surface area (Å²) in [6.07, 6.45) is 7.38. The molecule has 0 bridgehead atoms. The molecule has 2 heterocycles. The van der Waals surface area contributed by atoms with Crippen LogP contribution in [0, 0.1) is 18.8 Å². The molecular formula is C21H25N3O3S. The van der Waals surface area contributed by atoms with Crippen LogP contribution in [0.25, 0.3) is 0 Å². The average Bonchev–Trinajstić information content (AvgIpc) is 3.60. The van der Waals surface area contributed by atoms with Gasteiger partial charge in [0.2, 0.25) is 5.89 Å². The van der Waals surface area contributed by atoms with Gasteiger partial charge in [-0.15, -0.1) is 11.3 Å². The summed E-state index contributed by atoms with van der Waals surface area (Å²) in [5, 5.41) is 7.04. The standard InChI is InChI=1S/C21H25N3O3S/c1-11-23-21(27-24-11)14-6-7-17-15(8-14)19(20(26)22-10-12-2-3-12)18(28-17)9-16(25)13-4-5-13/h12-14H,2-10H2,1H3,(H,22,26). The molecule has 1 unspecified atom stereocenters. The molecule has 2 aromatic rings. The first-order valence-electron chi connectivity index (χ1n) is 10.3. The lowest BCUT2D eigenvalue weighted by atomic mass is 9.85. The molecule has 3 aliphatic carbocycles. The summed E-state index contributed by atoms with van der Waals surface area (Å²) in [6.45, 7) is 2.57. The van der Waals surface area contributed by atoms with Gasteiger partial charge in [-0.05, 0) is 63.4 Å². The second-order valence-electron chi connectivity index (χ2n) is 8.49. The molecule has 5 rings (SSSR count). The molecular weight excluding hydrogens is 374 g/mol. The molecule has 2 saturated carbocycles. The number of fused-ring (bicyclic) bond motifs is 1. The highest BCUT2D eigenvalue weighted by atomic mass is 32.1. The summed E-state index contributed by atoms with van der Waals surface area (Å²) in [7, 11) is 0. The number of thiophene rings is 1. The maximum atomic E-state index is 13.1. The third-order valence-corrected chi connectivity index (χ3v) is 7.36. The van der Waals surface area contributed by atoms with Crippen LogP contribution in [0.5, 0.6) is 0 Å². The van der Waals surface area contributed by atoms with E-state index in [-0.39, 0.29) is 17.7 Å². The van der Waals surface area contributed by atoms with Crippen molar-refractivity contribution < 1.29 is 14.1 Å².